The summed E-state index contributed by atoms with van der Waals surface area (Å²) in [5.41, 5.74) is -1.33. The van der Waals surface area contributed by atoms with Gasteiger partial charge in [-0.2, -0.15) is 13.2 Å². The van der Waals surface area contributed by atoms with Gasteiger partial charge in [-0.05, 0) is 18.2 Å². The molecule has 0 saturated carbocycles. The van der Waals surface area contributed by atoms with Crippen molar-refractivity contribution >= 4 is 22.8 Å². The standard InChI is InChI=1S/C11H9F3O4S/c12-11(13,14)6-1-2-7(8(15)5-6)10(18)19-4-3-9(16)17/h1-2,5,15H,3-4H2,(H,16,17). The van der Waals surface area contributed by atoms with Crippen molar-refractivity contribution in [3.63, 3.8) is 0 Å². The van der Waals surface area contributed by atoms with Crippen LogP contribution in [0.1, 0.15) is 22.3 Å². The number of hydrogen-bond acceptors (Lipinski definition) is 4. The average molecular weight is 294 g/mol. The van der Waals surface area contributed by atoms with Gasteiger partial charge in [-0.15, -0.1) is 0 Å². The maximum atomic E-state index is 12.3. The summed E-state index contributed by atoms with van der Waals surface area (Å²) in [5.74, 6) is -1.88. The van der Waals surface area contributed by atoms with E-state index in [2.05, 4.69) is 0 Å². The first-order chi connectivity index (χ1) is 8.71. The number of phenolic OH excluding ortho intramolecular Hbond substituents is 1. The Labute approximate surface area is 110 Å². The van der Waals surface area contributed by atoms with Gasteiger partial charge in [0, 0.05) is 5.75 Å². The predicted octanol–water partition coefficient (Wildman–Crippen LogP) is 2.76. The first-order valence-electron chi connectivity index (χ1n) is 5.01. The molecule has 8 heteroatoms. The van der Waals surface area contributed by atoms with E-state index in [1.807, 2.05) is 0 Å². The Morgan fingerprint density at radius 1 is 1.26 bits per heavy atom. The molecule has 0 aliphatic rings. The molecule has 104 valence electrons. The van der Waals surface area contributed by atoms with Crippen LogP contribution in [0.4, 0.5) is 13.2 Å². The number of thioether (sulfide) groups is 1. The Morgan fingerprint density at radius 3 is 2.37 bits per heavy atom. The van der Waals surface area contributed by atoms with Crippen molar-refractivity contribution in [2.24, 2.45) is 0 Å². The summed E-state index contributed by atoms with van der Waals surface area (Å²) in [7, 11) is 0. The lowest BCUT2D eigenvalue weighted by Crippen LogP contribution is -2.06. The number of carboxylic acid groups (broad SMARTS) is 1. The minimum Gasteiger partial charge on any atom is -0.507 e. The molecule has 0 spiro atoms. The lowest BCUT2D eigenvalue weighted by Gasteiger charge is -2.09. The van der Waals surface area contributed by atoms with E-state index in [4.69, 9.17) is 5.11 Å². The molecule has 0 amide bonds. The maximum absolute atomic E-state index is 12.3. The van der Waals surface area contributed by atoms with Crippen LogP contribution in [-0.4, -0.2) is 27.1 Å². The highest BCUT2D eigenvalue weighted by molar-refractivity contribution is 8.14. The van der Waals surface area contributed by atoms with E-state index >= 15 is 0 Å². The van der Waals surface area contributed by atoms with Gasteiger partial charge in [0.05, 0.1) is 17.5 Å². The van der Waals surface area contributed by atoms with Gasteiger partial charge in [-0.1, -0.05) is 11.8 Å². The smallest absolute Gasteiger partial charge is 0.416 e. The number of aliphatic carboxylic acids is 1. The van der Waals surface area contributed by atoms with Crippen molar-refractivity contribution in [2.45, 2.75) is 12.6 Å². The number of phenols is 1. The molecule has 0 fully saturated rings. The molecule has 0 aliphatic heterocycles. The van der Waals surface area contributed by atoms with Gasteiger partial charge >= 0.3 is 12.1 Å². The molecular formula is C11H9F3O4S. The van der Waals surface area contributed by atoms with Crippen LogP contribution in [0.25, 0.3) is 0 Å². The third-order valence-electron chi connectivity index (χ3n) is 2.09. The topological polar surface area (TPSA) is 74.6 Å². The summed E-state index contributed by atoms with van der Waals surface area (Å²) in [6.07, 6.45) is -4.85. The number of aromatic hydroxyl groups is 1. The highest BCUT2D eigenvalue weighted by Gasteiger charge is 2.31. The van der Waals surface area contributed by atoms with E-state index in [9.17, 15) is 27.9 Å². The summed E-state index contributed by atoms with van der Waals surface area (Å²) in [6.45, 7) is 0. The normalized spacial score (nSPS) is 11.3. The zero-order chi connectivity index (χ0) is 14.6. The number of rotatable bonds is 4. The Morgan fingerprint density at radius 2 is 1.89 bits per heavy atom. The molecule has 0 bridgehead atoms. The van der Waals surface area contributed by atoms with Crippen molar-refractivity contribution < 1.29 is 33.0 Å². The summed E-state index contributed by atoms with van der Waals surface area (Å²) >= 11 is 0.624. The zero-order valence-corrected chi connectivity index (χ0v) is 10.2. The van der Waals surface area contributed by atoms with Gasteiger partial charge in [0.1, 0.15) is 5.75 Å². The lowest BCUT2D eigenvalue weighted by molar-refractivity contribution is -0.138. The number of carboxylic acids is 1. The third kappa shape index (κ3) is 4.47. The number of alkyl halides is 3. The van der Waals surface area contributed by atoms with E-state index in [0.717, 1.165) is 6.07 Å². The fraction of sp³-hybridized carbons (Fsp3) is 0.273. The van der Waals surface area contributed by atoms with Crippen molar-refractivity contribution in [1.29, 1.82) is 0 Å². The SMILES string of the molecule is O=C(O)CCSC(=O)c1ccc(C(F)(F)F)cc1O. The molecule has 0 aromatic heterocycles. The van der Waals surface area contributed by atoms with Gasteiger partial charge < -0.3 is 10.2 Å². The quantitative estimate of drug-likeness (QED) is 0.893. The molecule has 0 radical (unpaired) electrons. The molecule has 0 unspecified atom stereocenters. The van der Waals surface area contributed by atoms with Crippen molar-refractivity contribution in [2.75, 3.05) is 5.75 Å². The predicted molar refractivity (Wildman–Crippen MR) is 62.2 cm³/mol. The Bertz CT molecular complexity index is 499. The number of carbonyl (C=O) groups is 2. The van der Waals surface area contributed by atoms with Crippen LogP contribution in [0, 0.1) is 0 Å². The Hall–Kier alpha value is -1.70. The lowest BCUT2D eigenvalue weighted by atomic mass is 10.1. The molecule has 19 heavy (non-hydrogen) atoms. The molecule has 0 atom stereocenters. The second kappa shape index (κ2) is 5.96. The average Bonchev–Trinajstić information content (AvgIpc) is 2.26. The van der Waals surface area contributed by atoms with Gasteiger partial charge in [0.15, 0.2) is 0 Å². The van der Waals surface area contributed by atoms with Crippen LogP contribution < -0.4 is 0 Å². The van der Waals surface area contributed by atoms with Crippen LogP contribution in [0.3, 0.4) is 0 Å². The molecule has 1 rings (SSSR count). The highest BCUT2D eigenvalue weighted by atomic mass is 32.2. The minimum absolute atomic E-state index is 0.0192. The molecule has 0 aliphatic carbocycles. The summed E-state index contributed by atoms with van der Waals surface area (Å²) in [5, 5.41) is 17.1. The monoisotopic (exact) mass is 294 g/mol. The van der Waals surface area contributed by atoms with Crippen molar-refractivity contribution in [1.82, 2.24) is 0 Å². The Kier molecular flexibility index (Phi) is 4.82. The van der Waals surface area contributed by atoms with Gasteiger partial charge in [-0.25, -0.2) is 0 Å². The maximum Gasteiger partial charge on any atom is 0.416 e. The molecule has 0 heterocycles. The van der Waals surface area contributed by atoms with Crippen LogP contribution in [0.5, 0.6) is 5.75 Å². The van der Waals surface area contributed by atoms with E-state index < -0.39 is 28.6 Å². The van der Waals surface area contributed by atoms with E-state index in [1.165, 1.54) is 0 Å². The number of hydrogen-bond donors (Lipinski definition) is 2. The third-order valence-corrected chi connectivity index (χ3v) is 2.98. The number of halogens is 3. The molecular weight excluding hydrogens is 285 g/mol. The van der Waals surface area contributed by atoms with Gasteiger partial charge in [0.25, 0.3) is 0 Å². The second-order valence-electron chi connectivity index (χ2n) is 3.51. The first kappa shape index (κ1) is 15.4. The zero-order valence-electron chi connectivity index (χ0n) is 9.40. The van der Waals surface area contributed by atoms with Gasteiger partial charge in [0.2, 0.25) is 5.12 Å². The molecule has 0 saturated heterocycles. The van der Waals surface area contributed by atoms with Crippen LogP contribution in [0.15, 0.2) is 18.2 Å². The molecule has 2 N–H and O–H groups in total. The van der Waals surface area contributed by atoms with Gasteiger partial charge in [-0.3, -0.25) is 9.59 Å². The number of benzene rings is 1. The summed E-state index contributed by atoms with van der Waals surface area (Å²) in [4.78, 5) is 21.8. The van der Waals surface area contributed by atoms with Crippen LogP contribution >= 0.6 is 11.8 Å². The highest BCUT2D eigenvalue weighted by Crippen LogP contribution is 2.33. The van der Waals surface area contributed by atoms with Crippen LogP contribution in [0.2, 0.25) is 0 Å². The fourth-order valence-electron chi connectivity index (χ4n) is 1.19. The molecule has 4 nitrogen and oxygen atoms in total. The summed E-state index contributed by atoms with van der Waals surface area (Å²) < 4.78 is 37.0. The second-order valence-corrected chi connectivity index (χ2v) is 4.58. The van der Waals surface area contributed by atoms with Crippen molar-refractivity contribution in [3.05, 3.63) is 29.3 Å². The minimum atomic E-state index is -4.60. The molecule has 1 aromatic carbocycles. The van der Waals surface area contributed by atoms with E-state index in [-0.39, 0.29) is 17.7 Å². The largest absolute Gasteiger partial charge is 0.507 e. The number of carbonyl (C=O) groups excluding carboxylic acids is 1. The first-order valence-corrected chi connectivity index (χ1v) is 5.99. The van der Waals surface area contributed by atoms with Crippen LogP contribution in [-0.2, 0) is 11.0 Å². The Balaban J connectivity index is 2.79. The summed E-state index contributed by atoms with van der Waals surface area (Å²) in [6, 6.07) is 2.02. The van der Waals surface area contributed by atoms with E-state index in [0.29, 0.717) is 23.9 Å². The van der Waals surface area contributed by atoms with Crippen molar-refractivity contribution in [3.8, 4) is 5.75 Å². The fourth-order valence-corrected chi connectivity index (χ4v) is 1.98. The molecule has 1 aromatic rings. The van der Waals surface area contributed by atoms with E-state index in [1.54, 1.807) is 0 Å².